The maximum Gasteiger partial charge on any atom is 0.410 e. The quantitative estimate of drug-likeness (QED) is 0.913. The van der Waals surface area contributed by atoms with Crippen LogP contribution >= 0.6 is 0 Å². The number of carbonyl (C=O) groups is 1. The standard InChI is InChI=1S/C16H22F2N2O2/c1-16(2,3)22-15(21)20-7-6-19-13(10-20)9-11-8-12(17)4-5-14(11)18/h4-5,8,13,19H,6-7,9-10H2,1-3H3/t13-/m1/s1. The second kappa shape index (κ2) is 6.60. The van der Waals surface area contributed by atoms with E-state index in [2.05, 4.69) is 5.32 Å². The molecule has 1 amide bonds. The van der Waals surface area contributed by atoms with Gasteiger partial charge in [-0.2, -0.15) is 0 Å². The van der Waals surface area contributed by atoms with Crippen LogP contribution in [0.1, 0.15) is 26.3 Å². The SMILES string of the molecule is CC(C)(C)OC(=O)N1CCN[C@H](Cc2cc(F)ccc2F)C1. The van der Waals surface area contributed by atoms with Gasteiger partial charge in [-0.3, -0.25) is 0 Å². The fourth-order valence-electron chi connectivity index (χ4n) is 2.42. The average molecular weight is 312 g/mol. The number of nitrogens with zero attached hydrogens (tertiary/aromatic N) is 1. The number of hydrogen-bond acceptors (Lipinski definition) is 3. The van der Waals surface area contributed by atoms with Crippen molar-refractivity contribution < 1.29 is 18.3 Å². The minimum atomic E-state index is -0.549. The number of ether oxygens (including phenoxy) is 1. The molecule has 1 aliphatic rings. The van der Waals surface area contributed by atoms with Crippen LogP contribution in [0.3, 0.4) is 0 Å². The van der Waals surface area contributed by atoms with Crippen molar-refractivity contribution in [1.82, 2.24) is 10.2 Å². The molecule has 0 radical (unpaired) electrons. The number of hydrogen-bond donors (Lipinski definition) is 1. The topological polar surface area (TPSA) is 41.6 Å². The Kier molecular flexibility index (Phi) is 5.01. The van der Waals surface area contributed by atoms with E-state index in [0.29, 0.717) is 31.6 Å². The van der Waals surface area contributed by atoms with E-state index in [-0.39, 0.29) is 12.1 Å². The van der Waals surface area contributed by atoms with E-state index in [1.807, 2.05) is 20.8 Å². The Morgan fingerprint density at radius 2 is 2.14 bits per heavy atom. The third kappa shape index (κ3) is 4.66. The van der Waals surface area contributed by atoms with Crippen molar-refractivity contribution in [2.24, 2.45) is 0 Å². The lowest BCUT2D eigenvalue weighted by Crippen LogP contribution is -2.54. The van der Waals surface area contributed by atoms with Gasteiger partial charge >= 0.3 is 6.09 Å². The highest BCUT2D eigenvalue weighted by Gasteiger charge is 2.27. The van der Waals surface area contributed by atoms with E-state index in [9.17, 15) is 13.6 Å². The number of amides is 1. The van der Waals surface area contributed by atoms with E-state index >= 15 is 0 Å². The first kappa shape index (κ1) is 16.7. The van der Waals surface area contributed by atoms with Crippen LogP contribution in [0.2, 0.25) is 0 Å². The van der Waals surface area contributed by atoms with E-state index < -0.39 is 17.2 Å². The lowest BCUT2D eigenvalue weighted by atomic mass is 10.0. The molecule has 1 fully saturated rings. The molecule has 1 aromatic carbocycles. The Morgan fingerprint density at radius 1 is 1.41 bits per heavy atom. The summed E-state index contributed by atoms with van der Waals surface area (Å²) in [5, 5.41) is 3.22. The van der Waals surface area contributed by atoms with Crippen LogP contribution in [-0.4, -0.2) is 42.3 Å². The molecule has 0 saturated carbocycles. The molecule has 1 N–H and O–H groups in total. The van der Waals surface area contributed by atoms with E-state index in [1.54, 1.807) is 4.90 Å². The predicted octanol–water partition coefficient (Wildman–Crippen LogP) is 2.72. The summed E-state index contributed by atoms with van der Waals surface area (Å²) in [6.07, 6.45) is -0.0539. The molecular weight excluding hydrogens is 290 g/mol. The van der Waals surface area contributed by atoms with Crippen LogP contribution in [0.5, 0.6) is 0 Å². The molecular formula is C16H22F2N2O2. The van der Waals surface area contributed by atoms with Crippen molar-refractivity contribution in [2.45, 2.75) is 38.8 Å². The Morgan fingerprint density at radius 3 is 2.82 bits per heavy atom. The Labute approximate surface area is 129 Å². The van der Waals surface area contributed by atoms with Gasteiger partial charge in [0.05, 0.1) is 0 Å². The molecule has 2 rings (SSSR count). The van der Waals surface area contributed by atoms with E-state index in [1.165, 1.54) is 6.07 Å². The highest BCUT2D eigenvalue weighted by atomic mass is 19.1. The van der Waals surface area contributed by atoms with Crippen LogP contribution in [0.25, 0.3) is 0 Å². The monoisotopic (exact) mass is 312 g/mol. The zero-order chi connectivity index (χ0) is 16.3. The number of halogens is 2. The van der Waals surface area contributed by atoms with Crippen molar-refractivity contribution in [1.29, 1.82) is 0 Å². The Balaban J connectivity index is 1.98. The van der Waals surface area contributed by atoms with Gasteiger partial charge in [-0.05, 0) is 51.0 Å². The lowest BCUT2D eigenvalue weighted by molar-refractivity contribution is 0.0195. The highest BCUT2D eigenvalue weighted by molar-refractivity contribution is 5.68. The second-order valence-electron chi connectivity index (χ2n) is 6.52. The lowest BCUT2D eigenvalue weighted by Gasteiger charge is -2.35. The van der Waals surface area contributed by atoms with E-state index in [4.69, 9.17) is 4.74 Å². The number of benzene rings is 1. The fraction of sp³-hybridized carbons (Fsp3) is 0.562. The molecule has 1 saturated heterocycles. The molecule has 122 valence electrons. The third-order valence-electron chi connectivity index (χ3n) is 3.38. The van der Waals surface area contributed by atoms with Crippen LogP contribution in [0, 0.1) is 11.6 Å². The van der Waals surface area contributed by atoms with Crippen molar-refractivity contribution in [3.05, 3.63) is 35.4 Å². The van der Waals surface area contributed by atoms with Gasteiger partial charge in [-0.25, -0.2) is 13.6 Å². The molecule has 22 heavy (non-hydrogen) atoms. The fourth-order valence-corrected chi connectivity index (χ4v) is 2.42. The summed E-state index contributed by atoms with van der Waals surface area (Å²) in [4.78, 5) is 13.7. The maximum absolute atomic E-state index is 13.7. The first-order valence-electron chi connectivity index (χ1n) is 7.40. The van der Waals surface area contributed by atoms with Crippen LogP contribution < -0.4 is 5.32 Å². The zero-order valence-corrected chi connectivity index (χ0v) is 13.2. The summed E-state index contributed by atoms with van der Waals surface area (Å²) < 4.78 is 32.3. The molecule has 0 unspecified atom stereocenters. The summed E-state index contributed by atoms with van der Waals surface area (Å²) in [5.74, 6) is -0.895. The summed E-state index contributed by atoms with van der Waals surface area (Å²) in [5.41, 5.74) is -0.241. The van der Waals surface area contributed by atoms with Gasteiger partial charge in [-0.15, -0.1) is 0 Å². The largest absolute Gasteiger partial charge is 0.444 e. The molecule has 0 aliphatic carbocycles. The molecule has 1 aromatic rings. The molecule has 0 aromatic heterocycles. The Hall–Kier alpha value is -1.69. The van der Waals surface area contributed by atoms with Crippen LogP contribution in [0.15, 0.2) is 18.2 Å². The molecule has 0 spiro atoms. The number of nitrogens with one attached hydrogen (secondary N) is 1. The summed E-state index contributed by atoms with van der Waals surface area (Å²) in [7, 11) is 0. The average Bonchev–Trinajstić information content (AvgIpc) is 2.41. The maximum atomic E-state index is 13.7. The van der Waals surface area contributed by atoms with Crippen molar-refractivity contribution >= 4 is 6.09 Å². The smallest absolute Gasteiger partial charge is 0.410 e. The first-order chi connectivity index (χ1) is 10.2. The minimum Gasteiger partial charge on any atom is -0.444 e. The van der Waals surface area contributed by atoms with Crippen LogP contribution in [-0.2, 0) is 11.2 Å². The predicted molar refractivity (Wildman–Crippen MR) is 79.7 cm³/mol. The summed E-state index contributed by atoms with van der Waals surface area (Å²) in [6.45, 7) is 6.98. The number of carbonyl (C=O) groups excluding carboxylic acids is 1. The second-order valence-corrected chi connectivity index (χ2v) is 6.52. The molecule has 6 heteroatoms. The van der Waals surface area contributed by atoms with Gasteiger partial charge in [-0.1, -0.05) is 0 Å². The molecule has 1 aliphatic heterocycles. The van der Waals surface area contributed by atoms with Gasteiger partial charge in [0.15, 0.2) is 0 Å². The first-order valence-corrected chi connectivity index (χ1v) is 7.40. The Bertz CT molecular complexity index is 543. The summed E-state index contributed by atoms with van der Waals surface area (Å²) >= 11 is 0. The zero-order valence-electron chi connectivity index (χ0n) is 13.2. The van der Waals surface area contributed by atoms with Gasteiger partial charge in [0.1, 0.15) is 17.2 Å². The van der Waals surface area contributed by atoms with Crippen molar-refractivity contribution in [3.8, 4) is 0 Å². The normalized spacial score (nSPS) is 19.1. The summed E-state index contributed by atoms with van der Waals surface area (Å²) in [6, 6.07) is 3.29. The molecule has 1 atom stereocenters. The van der Waals surface area contributed by atoms with Crippen LogP contribution in [0.4, 0.5) is 13.6 Å². The molecule has 0 bridgehead atoms. The van der Waals surface area contributed by atoms with Crippen molar-refractivity contribution in [3.63, 3.8) is 0 Å². The van der Waals surface area contributed by atoms with Gasteiger partial charge in [0, 0.05) is 25.7 Å². The highest BCUT2D eigenvalue weighted by Crippen LogP contribution is 2.15. The van der Waals surface area contributed by atoms with Gasteiger partial charge in [0.2, 0.25) is 0 Å². The van der Waals surface area contributed by atoms with Gasteiger partial charge < -0.3 is 15.0 Å². The minimum absolute atomic E-state index is 0.127. The van der Waals surface area contributed by atoms with E-state index in [0.717, 1.165) is 12.1 Å². The number of rotatable bonds is 2. The molecule has 1 heterocycles. The molecule has 4 nitrogen and oxygen atoms in total. The number of piperazine rings is 1. The van der Waals surface area contributed by atoms with Crippen molar-refractivity contribution in [2.75, 3.05) is 19.6 Å². The van der Waals surface area contributed by atoms with Gasteiger partial charge in [0.25, 0.3) is 0 Å². The third-order valence-corrected chi connectivity index (χ3v) is 3.38.